The van der Waals surface area contributed by atoms with Crippen LogP contribution in [0.25, 0.3) is 0 Å². The number of ketones is 1. The molecule has 1 aliphatic carbocycles. The van der Waals surface area contributed by atoms with Gasteiger partial charge in [0, 0.05) is 29.3 Å². The van der Waals surface area contributed by atoms with E-state index in [1.165, 1.54) is 0 Å². The highest BCUT2D eigenvalue weighted by Crippen LogP contribution is 2.47. The number of rotatable bonds is 8. The minimum Gasteiger partial charge on any atom is -0.494 e. The number of nitrogens with one attached hydrogen (secondary N) is 1. The largest absolute Gasteiger partial charge is 0.494 e. The molecule has 35 heavy (non-hydrogen) atoms. The smallest absolute Gasteiger partial charge is 0.336 e. The monoisotopic (exact) mass is 475 g/mol. The number of allylic oxidation sites excluding steroid dienone is 3. The molecule has 2 aliphatic rings. The van der Waals surface area contributed by atoms with Crippen LogP contribution in [0.2, 0.25) is 0 Å². The third kappa shape index (κ3) is 5.59. The fourth-order valence-electron chi connectivity index (χ4n) is 4.88. The molecular formula is C29H33NO5. The second kappa shape index (κ2) is 10.4. The SMILES string of the molecule is CCOc1cccc(C2C(C(=O)OCCOc3ccccc3)=C(C)NC3=C2C(=O)CC(C)(C)C3)c1. The van der Waals surface area contributed by atoms with Crippen LogP contribution in [0.4, 0.5) is 0 Å². The highest BCUT2D eigenvalue weighted by atomic mass is 16.6. The summed E-state index contributed by atoms with van der Waals surface area (Å²) < 4.78 is 17.0. The Morgan fingerprint density at radius 3 is 2.49 bits per heavy atom. The zero-order valence-electron chi connectivity index (χ0n) is 20.9. The average molecular weight is 476 g/mol. The van der Waals surface area contributed by atoms with Crippen LogP contribution in [-0.4, -0.2) is 31.6 Å². The molecular weight excluding hydrogens is 442 g/mol. The van der Waals surface area contributed by atoms with Crippen LogP contribution < -0.4 is 14.8 Å². The Labute approximate surface area is 207 Å². The lowest BCUT2D eigenvalue weighted by Gasteiger charge is -2.39. The lowest BCUT2D eigenvalue weighted by atomic mass is 9.68. The minimum absolute atomic E-state index is 0.0563. The third-order valence-electron chi connectivity index (χ3n) is 6.29. The summed E-state index contributed by atoms with van der Waals surface area (Å²) in [6, 6.07) is 17.0. The molecule has 6 nitrogen and oxygen atoms in total. The van der Waals surface area contributed by atoms with Crippen molar-refractivity contribution >= 4 is 11.8 Å². The van der Waals surface area contributed by atoms with Crippen LogP contribution in [0, 0.1) is 5.41 Å². The van der Waals surface area contributed by atoms with E-state index in [1.807, 2.05) is 68.4 Å². The Morgan fingerprint density at radius 2 is 1.74 bits per heavy atom. The summed E-state index contributed by atoms with van der Waals surface area (Å²) in [5.74, 6) is 0.506. The molecule has 0 bridgehead atoms. The summed E-state index contributed by atoms with van der Waals surface area (Å²) in [4.78, 5) is 26.8. The van der Waals surface area contributed by atoms with Crippen LogP contribution in [0.1, 0.15) is 52.0 Å². The summed E-state index contributed by atoms with van der Waals surface area (Å²) in [6.07, 6.45) is 1.17. The number of benzene rings is 2. The molecule has 0 amide bonds. The molecule has 1 atom stereocenters. The van der Waals surface area contributed by atoms with E-state index >= 15 is 0 Å². The molecule has 6 heteroatoms. The van der Waals surface area contributed by atoms with Gasteiger partial charge in [-0.15, -0.1) is 0 Å². The van der Waals surface area contributed by atoms with Gasteiger partial charge < -0.3 is 19.5 Å². The van der Waals surface area contributed by atoms with E-state index in [1.54, 1.807) is 0 Å². The summed E-state index contributed by atoms with van der Waals surface area (Å²) in [6.45, 7) is 8.85. The first-order chi connectivity index (χ1) is 16.8. The van der Waals surface area contributed by atoms with E-state index in [2.05, 4.69) is 19.2 Å². The molecule has 0 spiro atoms. The molecule has 1 aliphatic heterocycles. The molecule has 0 aromatic heterocycles. The molecule has 2 aromatic carbocycles. The van der Waals surface area contributed by atoms with E-state index < -0.39 is 11.9 Å². The number of hydrogen-bond donors (Lipinski definition) is 1. The number of ether oxygens (including phenoxy) is 3. The number of para-hydroxylation sites is 1. The first-order valence-electron chi connectivity index (χ1n) is 12.1. The fraction of sp³-hybridized carbons (Fsp3) is 0.379. The van der Waals surface area contributed by atoms with Gasteiger partial charge in [-0.05, 0) is 55.5 Å². The fourth-order valence-corrected chi connectivity index (χ4v) is 4.88. The van der Waals surface area contributed by atoms with E-state index in [0.717, 1.165) is 17.7 Å². The Hall–Kier alpha value is -3.54. The predicted octanol–water partition coefficient (Wildman–Crippen LogP) is 5.31. The summed E-state index contributed by atoms with van der Waals surface area (Å²) in [5.41, 5.74) is 3.38. The van der Waals surface area contributed by atoms with Crippen LogP contribution in [0.15, 0.2) is 77.1 Å². The lowest BCUT2D eigenvalue weighted by molar-refractivity contribution is -0.140. The summed E-state index contributed by atoms with van der Waals surface area (Å²) in [5, 5.41) is 3.37. The van der Waals surface area contributed by atoms with Crippen molar-refractivity contribution in [1.82, 2.24) is 5.32 Å². The first-order valence-corrected chi connectivity index (χ1v) is 12.1. The van der Waals surface area contributed by atoms with Gasteiger partial charge in [0.1, 0.15) is 24.7 Å². The van der Waals surface area contributed by atoms with Crippen LogP contribution in [0.3, 0.4) is 0 Å². The number of carbonyl (C=O) groups is 2. The molecule has 0 saturated carbocycles. The van der Waals surface area contributed by atoms with Crippen LogP contribution in [-0.2, 0) is 14.3 Å². The van der Waals surface area contributed by atoms with Crippen molar-refractivity contribution in [2.45, 2.75) is 46.5 Å². The summed E-state index contributed by atoms with van der Waals surface area (Å²) >= 11 is 0. The second-order valence-corrected chi connectivity index (χ2v) is 9.73. The van der Waals surface area contributed by atoms with Crippen LogP contribution in [0.5, 0.6) is 11.5 Å². The maximum atomic E-state index is 13.4. The zero-order valence-corrected chi connectivity index (χ0v) is 20.9. The molecule has 4 rings (SSSR count). The first kappa shape index (κ1) is 24.6. The van der Waals surface area contributed by atoms with Crippen molar-refractivity contribution in [1.29, 1.82) is 0 Å². The van der Waals surface area contributed by atoms with Gasteiger partial charge in [-0.1, -0.05) is 44.2 Å². The van der Waals surface area contributed by atoms with E-state index in [9.17, 15) is 9.59 Å². The van der Waals surface area contributed by atoms with E-state index in [-0.39, 0.29) is 24.4 Å². The third-order valence-corrected chi connectivity index (χ3v) is 6.29. The maximum Gasteiger partial charge on any atom is 0.336 e. The standard InChI is InChI=1S/C29H33NO5/c1-5-33-22-13-9-10-20(16-22)26-25(28(32)35-15-14-34-21-11-7-6-8-12-21)19(2)30-23-17-29(3,4)18-24(31)27(23)26/h6-13,16,26,30H,5,14-15,17-18H2,1-4H3. The highest BCUT2D eigenvalue weighted by Gasteiger charge is 2.43. The molecule has 1 N–H and O–H groups in total. The number of Topliss-reactive ketones (excluding diaryl/α,β-unsaturated/α-hetero) is 1. The van der Waals surface area contributed by atoms with Gasteiger partial charge in [0.15, 0.2) is 5.78 Å². The van der Waals surface area contributed by atoms with Gasteiger partial charge in [0.2, 0.25) is 0 Å². The van der Waals surface area contributed by atoms with Crippen LogP contribution >= 0.6 is 0 Å². The van der Waals surface area contributed by atoms with Gasteiger partial charge in [0.25, 0.3) is 0 Å². The lowest BCUT2D eigenvalue weighted by Crippen LogP contribution is -2.38. The van der Waals surface area contributed by atoms with Gasteiger partial charge >= 0.3 is 5.97 Å². The molecule has 0 radical (unpaired) electrons. The number of esters is 1. The molecule has 0 fully saturated rings. The van der Waals surface area contributed by atoms with Crippen molar-refractivity contribution in [3.8, 4) is 11.5 Å². The Balaban J connectivity index is 1.62. The molecule has 1 heterocycles. The second-order valence-electron chi connectivity index (χ2n) is 9.73. The molecule has 0 saturated heterocycles. The predicted molar refractivity (Wildman–Crippen MR) is 134 cm³/mol. The van der Waals surface area contributed by atoms with Crippen molar-refractivity contribution < 1.29 is 23.8 Å². The van der Waals surface area contributed by atoms with Crippen molar-refractivity contribution in [3.05, 3.63) is 82.7 Å². The quantitative estimate of drug-likeness (QED) is 0.412. The van der Waals surface area contributed by atoms with Gasteiger partial charge in [-0.3, -0.25) is 4.79 Å². The Morgan fingerprint density at radius 1 is 1.00 bits per heavy atom. The molecule has 2 aromatic rings. The number of dihydropyridines is 1. The molecule has 1 unspecified atom stereocenters. The van der Waals surface area contributed by atoms with Crippen molar-refractivity contribution in [3.63, 3.8) is 0 Å². The minimum atomic E-state index is -0.516. The highest BCUT2D eigenvalue weighted by molar-refractivity contribution is 6.04. The van der Waals surface area contributed by atoms with Gasteiger partial charge in [-0.25, -0.2) is 4.79 Å². The Bertz CT molecular complexity index is 1160. The number of carbonyl (C=O) groups excluding carboxylic acids is 2. The van der Waals surface area contributed by atoms with E-state index in [0.29, 0.717) is 41.4 Å². The van der Waals surface area contributed by atoms with Crippen molar-refractivity contribution in [2.75, 3.05) is 19.8 Å². The normalized spacial score (nSPS) is 19.1. The van der Waals surface area contributed by atoms with E-state index in [4.69, 9.17) is 14.2 Å². The average Bonchev–Trinajstić information content (AvgIpc) is 2.81. The zero-order chi connectivity index (χ0) is 25.0. The Kier molecular flexibility index (Phi) is 7.29. The topological polar surface area (TPSA) is 73.9 Å². The summed E-state index contributed by atoms with van der Waals surface area (Å²) in [7, 11) is 0. The number of hydrogen-bond acceptors (Lipinski definition) is 6. The van der Waals surface area contributed by atoms with Crippen molar-refractivity contribution in [2.24, 2.45) is 5.41 Å². The van der Waals surface area contributed by atoms with Gasteiger partial charge in [-0.2, -0.15) is 0 Å². The van der Waals surface area contributed by atoms with Gasteiger partial charge in [0.05, 0.1) is 12.2 Å². The maximum absolute atomic E-state index is 13.4. The molecule has 184 valence electrons.